The second kappa shape index (κ2) is 7.08. The van der Waals surface area contributed by atoms with E-state index in [1.165, 1.54) is 4.70 Å². The number of nitrogens with zero attached hydrogens (tertiary/aromatic N) is 3. The van der Waals surface area contributed by atoms with Crippen LogP contribution in [0.15, 0.2) is 50.9 Å². The van der Waals surface area contributed by atoms with Gasteiger partial charge in [-0.15, -0.1) is 11.3 Å². The molecule has 18 heavy (non-hydrogen) atoms. The van der Waals surface area contributed by atoms with Crippen LogP contribution < -0.4 is 0 Å². The van der Waals surface area contributed by atoms with E-state index < -0.39 is 0 Å². The second-order valence-electron chi connectivity index (χ2n) is 3.38. The molecule has 3 nitrogen and oxygen atoms in total. The number of thioether (sulfide) groups is 1. The van der Waals surface area contributed by atoms with Gasteiger partial charge in [-0.05, 0) is 24.9 Å². The molecule has 0 unspecified atom stereocenters. The van der Waals surface area contributed by atoms with Gasteiger partial charge >= 0.3 is 0 Å². The van der Waals surface area contributed by atoms with Gasteiger partial charge in [0.15, 0.2) is 4.34 Å². The van der Waals surface area contributed by atoms with Crippen LogP contribution in [0.25, 0.3) is 10.2 Å². The lowest BCUT2D eigenvalue weighted by molar-refractivity contribution is 1.15. The average molecular weight is 275 g/mol. The average Bonchev–Trinajstić information content (AvgIpc) is 2.80. The summed E-state index contributed by atoms with van der Waals surface area (Å²) in [7, 11) is 0. The molecule has 5 heteroatoms. The van der Waals surface area contributed by atoms with E-state index in [1.54, 1.807) is 41.6 Å². The maximum Gasteiger partial charge on any atom is 0.151 e. The van der Waals surface area contributed by atoms with Crippen molar-refractivity contribution >= 4 is 46.2 Å². The first-order chi connectivity index (χ1) is 8.90. The molecule has 0 saturated carbocycles. The van der Waals surface area contributed by atoms with Gasteiger partial charge in [0.2, 0.25) is 0 Å². The van der Waals surface area contributed by atoms with Crippen LogP contribution in [-0.4, -0.2) is 30.2 Å². The Balaban J connectivity index is 1.81. The van der Waals surface area contributed by atoms with Crippen molar-refractivity contribution in [1.29, 1.82) is 0 Å². The van der Waals surface area contributed by atoms with Gasteiger partial charge in [0.1, 0.15) is 0 Å². The third kappa shape index (κ3) is 3.78. The highest BCUT2D eigenvalue weighted by molar-refractivity contribution is 8.01. The number of aliphatic imine (C=N–C) groups is 2. The fourth-order valence-electron chi connectivity index (χ4n) is 1.33. The molecule has 0 atom stereocenters. The fourth-order valence-corrected chi connectivity index (χ4v) is 3.32. The zero-order chi connectivity index (χ0) is 12.6. The van der Waals surface area contributed by atoms with Crippen LogP contribution in [0, 0.1) is 0 Å². The SMILES string of the molecule is C=N/C=C\C=N/CCSc1nc2ccccc2s1. The lowest BCUT2D eigenvalue weighted by atomic mass is 10.3. The molecule has 0 amide bonds. The van der Waals surface area contributed by atoms with E-state index in [4.69, 9.17) is 0 Å². The van der Waals surface area contributed by atoms with Crippen LogP contribution in [0.2, 0.25) is 0 Å². The quantitative estimate of drug-likeness (QED) is 0.458. The van der Waals surface area contributed by atoms with Crippen molar-refractivity contribution in [3.63, 3.8) is 0 Å². The van der Waals surface area contributed by atoms with Crippen LogP contribution in [-0.2, 0) is 0 Å². The van der Waals surface area contributed by atoms with E-state index >= 15 is 0 Å². The Hall–Kier alpha value is -1.46. The standard InChI is InChI=1S/C13H13N3S2/c1-14-7-4-8-15-9-10-17-13-16-11-5-2-3-6-12(11)18-13/h2-8H,1,9-10H2/b7-4-,15-8-. The molecular formula is C13H13N3S2. The maximum atomic E-state index is 4.55. The topological polar surface area (TPSA) is 37.6 Å². The number of aromatic nitrogens is 1. The lowest BCUT2D eigenvalue weighted by Gasteiger charge is -1.91. The molecule has 0 aliphatic heterocycles. The van der Waals surface area contributed by atoms with E-state index in [2.05, 4.69) is 27.8 Å². The molecular weight excluding hydrogens is 262 g/mol. The summed E-state index contributed by atoms with van der Waals surface area (Å²) in [6.07, 6.45) is 5.13. The molecule has 0 bridgehead atoms. The van der Waals surface area contributed by atoms with E-state index in [0.29, 0.717) is 0 Å². The Morgan fingerprint density at radius 1 is 1.39 bits per heavy atom. The molecule has 0 aliphatic rings. The van der Waals surface area contributed by atoms with Crippen LogP contribution in [0.1, 0.15) is 0 Å². The Bertz CT molecular complexity index is 539. The summed E-state index contributed by atoms with van der Waals surface area (Å²) in [5.74, 6) is 0.936. The number of allylic oxidation sites excluding steroid dienone is 1. The van der Waals surface area contributed by atoms with E-state index in [1.807, 2.05) is 18.2 Å². The molecule has 0 spiro atoms. The molecule has 0 aliphatic carbocycles. The summed E-state index contributed by atoms with van der Waals surface area (Å²) in [5.41, 5.74) is 1.08. The van der Waals surface area contributed by atoms with Crippen molar-refractivity contribution in [2.45, 2.75) is 4.34 Å². The molecule has 0 radical (unpaired) electrons. The number of para-hydroxylation sites is 1. The van der Waals surface area contributed by atoms with Crippen molar-refractivity contribution in [2.24, 2.45) is 9.98 Å². The first-order valence-electron chi connectivity index (χ1n) is 5.49. The van der Waals surface area contributed by atoms with Crippen molar-refractivity contribution in [3.05, 3.63) is 36.5 Å². The van der Waals surface area contributed by atoms with Gasteiger partial charge in [-0.3, -0.25) is 9.98 Å². The molecule has 1 aromatic carbocycles. The number of hydrogen-bond acceptors (Lipinski definition) is 5. The monoisotopic (exact) mass is 275 g/mol. The molecule has 0 saturated heterocycles. The Labute approximate surface area is 114 Å². The summed E-state index contributed by atoms with van der Waals surface area (Å²) in [5, 5.41) is 0. The molecule has 1 heterocycles. The zero-order valence-electron chi connectivity index (χ0n) is 9.82. The largest absolute Gasteiger partial charge is 0.292 e. The first kappa shape index (κ1) is 13.0. The van der Waals surface area contributed by atoms with E-state index in [-0.39, 0.29) is 0 Å². The van der Waals surface area contributed by atoms with Gasteiger partial charge in [-0.2, -0.15) is 0 Å². The molecule has 2 aromatic rings. The minimum atomic E-state index is 0.780. The van der Waals surface area contributed by atoms with Crippen LogP contribution in [0.3, 0.4) is 0 Å². The number of hydrogen-bond donors (Lipinski definition) is 0. The van der Waals surface area contributed by atoms with Crippen LogP contribution >= 0.6 is 23.1 Å². The van der Waals surface area contributed by atoms with Gasteiger partial charge in [-0.25, -0.2) is 4.98 Å². The predicted octanol–water partition coefficient (Wildman–Crippen LogP) is 3.67. The summed E-state index contributed by atoms with van der Waals surface area (Å²) >= 11 is 3.48. The van der Waals surface area contributed by atoms with E-state index in [0.717, 1.165) is 22.2 Å². The first-order valence-corrected chi connectivity index (χ1v) is 7.29. The van der Waals surface area contributed by atoms with Crippen molar-refractivity contribution in [3.8, 4) is 0 Å². The summed E-state index contributed by atoms with van der Waals surface area (Å²) < 4.78 is 2.35. The van der Waals surface area contributed by atoms with Crippen LogP contribution in [0.4, 0.5) is 0 Å². The minimum absolute atomic E-state index is 0.780. The van der Waals surface area contributed by atoms with E-state index in [9.17, 15) is 0 Å². The number of rotatable bonds is 6. The van der Waals surface area contributed by atoms with Crippen molar-refractivity contribution in [1.82, 2.24) is 4.98 Å². The number of fused-ring (bicyclic) bond motifs is 1. The molecule has 1 aromatic heterocycles. The zero-order valence-corrected chi connectivity index (χ0v) is 11.5. The highest BCUT2D eigenvalue weighted by Crippen LogP contribution is 2.28. The molecule has 0 N–H and O–H groups in total. The van der Waals surface area contributed by atoms with Gasteiger partial charge in [-0.1, -0.05) is 23.9 Å². The summed E-state index contributed by atoms with van der Waals surface area (Å²) in [4.78, 5) is 12.4. The van der Waals surface area contributed by atoms with Gasteiger partial charge in [0.05, 0.1) is 10.2 Å². The minimum Gasteiger partial charge on any atom is -0.292 e. The van der Waals surface area contributed by atoms with Gasteiger partial charge in [0.25, 0.3) is 0 Å². The Kier molecular flexibility index (Phi) is 5.11. The predicted molar refractivity (Wildman–Crippen MR) is 82.4 cm³/mol. The Morgan fingerprint density at radius 2 is 2.28 bits per heavy atom. The third-order valence-corrected chi connectivity index (χ3v) is 4.26. The number of benzene rings is 1. The molecule has 92 valence electrons. The van der Waals surface area contributed by atoms with Gasteiger partial charge < -0.3 is 0 Å². The highest BCUT2D eigenvalue weighted by atomic mass is 32.2. The molecule has 2 rings (SSSR count). The van der Waals surface area contributed by atoms with Gasteiger partial charge in [0, 0.05) is 24.7 Å². The summed E-state index contributed by atoms with van der Waals surface area (Å²) in [6, 6.07) is 8.20. The smallest absolute Gasteiger partial charge is 0.151 e. The molecule has 0 fully saturated rings. The summed E-state index contributed by atoms with van der Waals surface area (Å²) in [6.45, 7) is 4.13. The van der Waals surface area contributed by atoms with Crippen LogP contribution in [0.5, 0.6) is 0 Å². The lowest BCUT2D eigenvalue weighted by Crippen LogP contribution is -1.84. The van der Waals surface area contributed by atoms with Crippen molar-refractivity contribution < 1.29 is 0 Å². The normalized spacial score (nSPS) is 11.8. The second-order valence-corrected chi connectivity index (χ2v) is 5.75. The highest BCUT2D eigenvalue weighted by Gasteiger charge is 2.02. The fraction of sp³-hybridized carbons (Fsp3) is 0.154. The Morgan fingerprint density at radius 3 is 3.11 bits per heavy atom. The third-order valence-electron chi connectivity index (χ3n) is 2.10. The van der Waals surface area contributed by atoms with Crippen molar-refractivity contribution in [2.75, 3.05) is 12.3 Å². The maximum absolute atomic E-state index is 4.55. The number of thiazole rings is 1.